The molecule has 0 bridgehead atoms. The van der Waals surface area contributed by atoms with E-state index in [-0.39, 0.29) is 12.5 Å². The molecule has 0 aliphatic carbocycles. The largest absolute Gasteiger partial charge is 0.497 e. The molecule has 2 N–H and O–H groups in total. The quantitative estimate of drug-likeness (QED) is 0.678. The smallest absolute Gasteiger partial charge is 0.325 e. The van der Waals surface area contributed by atoms with Crippen molar-refractivity contribution in [2.75, 3.05) is 26.1 Å². The van der Waals surface area contributed by atoms with E-state index in [4.69, 9.17) is 9.47 Å². The fourth-order valence-electron chi connectivity index (χ4n) is 2.86. The first-order chi connectivity index (χ1) is 12.7. The summed E-state index contributed by atoms with van der Waals surface area (Å²) in [6, 6.07) is 4.37. The van der Waals surface area contributed by atoms with Gasteiger partial charge in [0.05, 0.1) is 14.2 Å². The maximum atomic E-state index is 12.7. The first-order valence-electron chi connectivity index (χ1n) is 8.85. The Hall–Kier alpha value is -2.77. The van der Waals surface area contributed by atoms with Crippen molar-refractivity contribution >= 4 is 23.5 Å². The molecule has 8 nitrogen and oxygen atoms in total. The number of methoxy groups -OCH3 is 2. The van der Waals surface area contributed by atoms with E-state index in [1.54, 1.807) is 25.1 Å². The van der Waals surface area contributed by atoms with Crippen LogP contribution in [0.4, 0.5) is 10.5 Å². The Kier molecular flexibility index (Phi) is 6.30. The van der Waals surface area contributed by atoms with Gasteiger partial charge in [0.15, 0.2) is 0 Å². The van der Waals surface area contributed by atoms with Crippen molar-refractivity contribution in [1.82, 2.24) is 10.2 Å². The molecular formula is C19H27N3O5. The number of carbonyl (C=O) groups excluding carboxylic acids is 3. The number of urea groups is 1. The molecule has 0 spiro atoms. The minimum atomic E-state index is -0.971. The van der Waals surface area contributed by atoms with Crippen LogP contribution >= 0.6 is 0 Å². The van der Waals surface area contributed by atoms with Gasteiger partial charge in [-0.1, -0.05) is 13.8 Å². The summed E-state index contributed by atoms with van der Waals surface area (Å²) >= 11 is 0. The zero-order valence-corrected chi connectivity index (χ0v) is 16.4. The third-order valence-electron chi connectivity index (χ3n) is 4.50. The highest BCUT2D eigenvalue weighted by Gasteiger charge is 2.47. The number of nitrogens with zero attached hydrogens (tertiary/aromatic N) is 1. The molecule has 1 heterocycles. The molecule has 1 saturated heterocycles. The predicted octanol–water partition coefficient (Wildman–Crippen LogP) is 2.39. The number of amides is 4. The Bertz CT molecular complexity index is 712. The lowest BCUT2D eigenvalue weighted by atomic mass is 9.92. The molecule has 0 aromatic heterocycles. The number of nitrogens with one attached hydrogen (secondary N) is 2. The SMILES string of the molecule is COc1cc(NC(=O)CN2C(=O)N[C@@](C)(CCC(C)C)C2=O)cc(OC)c1. The van der Waals surface area contributed by atoms with Crippen LogP contribution in [0.2, 0.25) is 0 Å². The van der Waals surface area contributed by atoms with E-state index in [1.807, 2.05) is 0 Å². The molecule has 27 heavy (non-hydrogen) atoms. The zero-order chi connectivity index (χ0) is 20.2. The summed E-state index contributed by atoms with van der Waals surface area (Å²) in [5, 5.41) is 5.37. The standard InChI is InChI=1S/C19H27N3O5/c1-12(2)6-7-19(3)17(24)22(18(25)21-19)11-16(23)20-13-8-14(26-4)10-15(9-13)27-5/h8-10,12H,6-7,11H2,1-5H3,(H,20,23)(H,21,25)/t19-/m0/s1. The summed E-state index contributed by atoms with van der Waals surface area (Å²) in [5.41, 5.74) is -0.522. The average molecular weight is 377 g/mol. The first kappa shape index (κ1) is 20.5. The van der Waals surface area contributed by atoms with Gasteiger partial charge in [-0.2, -0.15) is 0 Å². The van der Waals surface area contributed by atoms with Crippen molar-refractivity contribution < 1.29 is 23.9 Å². The van der Waals surface area contributed by atoms with E-state index in [9.17, 15) is 14.4 Å². The zero-order valence-electron chi connectivity index (χ0n) is 16.4. The molecule has 8 heteroatoms. The minimum Gasteiger partial charge on any atom is -0.497 e. The molecule has 0 unspecified atom stereocenters. The number of imide groups is 1. The van der Waals surface area contributed by atoms with E-state index >= 15 is 0 Å². The van der Waals surface area contributed by atoms with Crippen molar-refractivity contribution in [2.45, 2.75) is 39.2 Å². The van der Waals surface area contributed by atoms with Crippen LogP contribution < -0.4 is 20.1 Å². The summed E-state index contributed by atoms with van der Waals surface area (Å²) < 4.78 is 10.3. The van der Waals surface area contributed by atoms with Crippen LogP contribution in [-0.2, 0) is 9.59 Å². The fourth-order valence-corrected chi connectivity index (χ4v) is 2.86. The lowest BCUT2D eigenvalue weighted by molar-refractivity contribution is -0.133. The predicted molar refractivity (Wildman–Crippen MR) is 101 cm³/mol. The second-order valence-electron chi connectivity index (χ2n) is 7.24. The summed E-state index contributed by atoms with van der Waals surface area (Å²) in [6.07, 6.45) is 1.33. The van der Waals surface area contributed by atoms with Gasteiger partial charge in [-0.15, -0.1) is 0 Å². The lowest BCUT2D eigenvalue weighted by Crippen LogP contribution is -2.44. The number of hydrogen-bond donors (Lipinski definition) is 2. The van der Waals surface area contributed by atoms with Crippen LogP contribution in [0.1, 0.15) is 33.6 Å². The van der Waals surface area contributed by atoms with Crippen molar-refractivity contribution in [2.24, 2.45) is 5.92 Å². The van der Waals surface area contributed by atoms with Crippen LogP contribution in [-0.4, -0.2) is 49.0 Å². The number of anilines is 1. The normalized spacial score (nSPS) is 19.3. The van der Waals surface area contributed by atoms with Crippen molar-refractivity contribution in [3.05, 3.63) is 18.2 Å². The summed E-state index contributed by atoms with van der Waals surface area (Å²) in [5.74, 6) is 0.571. The summed E-state index contributed by atoms with van der Waals surface area (Å²) in [7, 11) is 3.01. The summed E-state index contributed by atoms with van der Waals surface area (Å²) in [4.78, 5) is 38.2. The van der Waals surface area contributed by atoms with Gasteiger partial charge in [0.1, 0.15) is 23.6 Å². The Balaban J connectivity index is 2.05. The molecule has 1 fully saturated rings. The molecule has 148 valence electrons. The lowest BCUT2D eigenvalue weighted by Gasteiger charge is -2.22. The van der Waals surface area contributed by atoms with Gasteiger partial charge >= 0.3 is 6.03 Å². The second kappa shape index (κ2) is 8.28. The van der Waals surface area contributed by atoms with Gasteiger partial charge in [-0.3, -0.25) is 14.5 Å². The van der Waals surface area contributed by atoms with Gasteiger partial charge in [-0.05, 0) is 25.7 Å². The number of hydrogen-bond acceptors (Lipinski definition) is 5. The Morgan fingerprint density at radius 3 is 2.30 bits per heavy atom. The molecular weight excluding hydrogens is 350 g/mol. The van der Waals surface area contributed by atoms with Crippen molar-refractivity contribution in [3.8, 4) is 11.5 Å². The number of ether oxygens (including phenoxy) is 2. The van der Waals surface area contributed by atoms with E-state index in [2.05, 4.69) is 24.5 Å². The van der Waals surface area contributed by atoms with Gasteiger partial charge in [0.25, 0.3) is 5.91 Å². The molecule has 1 atom stereocenters. The minimum absolute atomic E-state index is 0.360. The highest BCUT2D eigenvalue weighted by molar-refractivity contribution is 6.09. The van der Waals surface area contributed by atoms with Crippen LogP contribution in [0.3, 0.4) is 0 Å². The highest BCUT2D eigenvalue weighted by atomic mass is 16.5. The number of rotatable bonds is 8. The maximum Gasteiger partial charge on any atom is 0.325 e. The Morgan fingerprint density at radius 2 is 1.78 bits per heavy atom. The molecule has 1 aliphatic rings. The summed E-state index contributed by atoms with van der Waals surface area (Å²) in [6.45, 7) is 5.44. The van der Waals surface area contributed by atoms with E-state index < -0.39 is 17.5 Å². The van der Waals surface area contributed by atoms with Crippen LogP contribution in [0.25, 0.3) is 0 Å². The topological polar surface area (TPSA) is 97.0 Å². The molecule has 0 saturated carbocycles. The van der Waals surface area contributed by atoms with Gasteiger partial charge in [0, 0.05) is 23.9 Å². The van der Waals surface area contributed by atoms with E-state index in [0.717, 1.165) is 11.3 Å². The molecule has 1 aliphatic heterocycles. The van der Waals surface area contributed by atoms with Crippen LogP contribution in [0.15, 0.2) is 18.2 Å². The molecule has 2 rings (SSSR count). The molecule has 4 amide bonds. The first-order valence-corrected chi connectivity index (χ1v) is 8.85. The van der Waals surface area contributed by atoms with E-state index in [1.165, 1.54) is 14.2 Å². The fraction of sp³-hybridized carbons (Fsp3) is 0.526. The molecule has 1 aromatic carbocycles. The molecule has 0 radical (unpaired) electrons. The Morgan fingerprint density at radius 1 is 1.19 bits per heavy atom. The van der Waals surface area contributed by atoms with Crippen LogP contribution in [0.5, 0.6) is 11.5 Å². The monoisotopic (exact) mass is 377 g/mol. The van der Waals surface area contributed by atoms with Crippen LogP contribution in [0, 0.1) is 5.92 Å². The maximum absolute atomic E-state index is 12.7. The third kappa shape index (κ3) is 4.90. The van der Waals surface area contributed by atoms with Gasteiger partial charge < -0.3 is 20.1 Å². The van der Waals surface area contributed by atoms with Crippen molar-refractivity contribution in [1.29, 1.82) is 0 Å². The van der Waals surface area contributed by atoms with E-state index in [0.29, 0.717) is 29.5 Å². The number of benzene rings is 1. The van der Waals surface area contributed by atoms with Crippen molar-refractivity contribution in [3.63, 3.8) is 0 Å². The Labute approximate surface area is 159 Å². The van der Waals surface area contributed by atoms with Gasteiger partial charge in [0.2, 0.25) is 5.91 Å². The van der Waals surface area contributed by atoms with Gasteiger partial charge in [-0.25, -0.2) is 4.79 Å². The molecule has 1 aromatic rings. The highest BCUT2D eigenvalue weighted by Crippen LogP contribution is 2.27. The third-order valence-corrected chi connectivity index (χ3v) is 4.50. The average Bonchev–Trinajstić information content (AvgIpc) is 2.83. The number of carbonyl (C=O) groups is 3. The second-order valence-corrected chi connectivity index (χ2v) is 7.24.